The number of carbonyl (C=O) groups is 1. The second-order valence-electron chi connectivity index (χ2n) is 7.05. The molecule has 4 rings (SSSR count). The molecular weight excluding hydrogens is 462 g/mol. The van der Waals surface area contributed by atoms with Crippen LogP contribution < -0.4 is 9.54 Å². The van der Waals surface area contributed by atoms with Crippen molar-refractivity contribution >= 4 is 34.5 Å². The van der Waals surface area contributed by atoms with Crippen molar-refractivity contribution in [3.05, 3.63) is 98.3 Å². The summed E-state index contributed by atoms with van der Waals surface area (Å²) >= 11 is 7.49. The van der Waals surface area contributed by atoms with Gasteiger partial charge in [0.1, 0.15) is 5.75 Å². The molecule has 166 valence electrons. The zero-order valence-corrected chi connectivity index (χ0v) is 19.3. The number of carbonyl (C=O) groups excluding carboxylic acids is 1. The summed E-state index contributed by atoms with van der Waals surface area (Å²) in [5, 5.41) is 11.2. The van der Waals surface area contributed by atoms with Crippen molar-refractivity contribution in [1.82, 2.24) is 4.57 Å². The Morgan fingerprint density at radius 3 is 2.39 bits per heavy atom. The predicted octanol–water partition coefficient (Wildman–Crippen LogP) is 5.73. The quantitative estimate of drug-likeness (QED) is 0.270. The number of amides is 1. The molecule has 0 unspecified atom stereocenters. The Morgan fingerprint density at radius 2 is 1.76 bits per heavy atom. The first kappa shape index (κ1) is 22.4. The molecule has 1 heterocycles. The second kappa shape index (κ2) is 9.40. The normalized spacial score (nSPS) is 11.4. The highest BCUT2D eigenvalue weighted by atomic mass is 35.5. The molecular formula is C24H18ClN3O4S. The SMILES string of the molecule is COc1ccc(-c2c(-c3ccccc3)sc(=NC(=O)c3cc([N+](=O)[O-])ccc3Cl)n2C)cc1. The van der Waals surface area contributed by atoms with Crippen molar-refractivity contribution in [3.8, 4) is 27.4 Å². The molecule has 0 N–H and O–H groups in total. The van der Waals surface area contributed by atoms with Gasteiger partial charge in [-0.2, -0.15) is 4.99 Å². The monoisotopic (exact) mass is 479 g/mol. The molecule has 0 aliphatic heterocycles. The first-order valence-corrected chi connectivity index (χ1v) is 11.0. The third-order valence-electron chi connectivity index (χ3n) is 5.02. The summed E-state index contributed by atoms with van der Waals surface area (Å²) < 4.78 is 7.10. The minimum atomic E-state index is -0.651. The molecule has 0 aliphatic rings. The van der Waals surface area contributed by atoms with Gasteiger partial charge in [-0.3, -0.25) is 14.9 Å². The molecule has 0 atom stereocenters. The Bertz CT molecular complexity index is 1410. The number of thiazole rings is 1. The van der Waals surface area contributed by atoms with Crippen molar-refractivity contribution in [2.75, 3.05) is 7.11 Å². The van der Waals surface area contributed by atoms with Crippen LogP contribution in [0, 0.1) is 10.1 Å². The van der Waals surface area contributed by atoms with Gasteiger partial charge in [-0.25, -0.2) is 0 Å². The van der Waals surface area contributed by atoms with Gasteiger partial charge in [0, 0.05) is 19.2 Å². The molecule has 0 bridgehead atoms. The zero-order chi connectivity index (χ0) is 23.5. The number of rotatable bonds is 5. The van der Waals surface area contributed by atoms with Gasteiger partial charge >= 0.3 is 0 Å². The fourth-order valence-corrected chi connectivity index (χ4v) is 4.69. The number of benzene rings is 3. The number of non-ortho nitro benzene ring substituents is 1. The van der Waals surface area contributed by atoms with E-state index in [1.54, 1.807) is 7.11 Å². The molecule has 9 heteroatoms. The summed E-state index contributed by atoms with van der Waals surface area (Å²) in [5.74, 6) is 0.0831. The molecule has 0 saturated heterocycles. The number of ether oxygens (including phenoxy) is 1. The Labute approximate surface area is 198 Å². The average Bonchev–Trinajstić information content (AvgIpc) is 3.15. The lowest BCUT2D eigenvalue weighted by Gasteiger charge is -2.08. The van der Waals surface area contributed by atoms with Crippen LogP contribution in [0.5, 0.6) is 5.75 Å². The van der Waals surface area contributed by atoms with E-state index in [0.717, 1.165) is 33.5 Å². The fraction of sp³-hybridized carbons (Fsp3) is 0.0833. The molecule has 33 heavy (non-hydrogen) atoms. The van der Waals surface area contributed by atoms with Crippen molar-refractivity contribution in [3.63, 3.8) is 0 Å². The van der Waals surface area contributed by atoms with Crippen molar-refractivity contribution < 1.29 is 14.5 Å². The number of nitro benzene ring substituents is 1. The first-order chi connectivity index (χ1) is 15.9. The standard InChI is InChI=1S/C24H18ClN3O4S/c1-27-21(15-8-11-18(32-2)12-9-15)22(16-6-4-3-5-7-16)33-24(27)26-23(29)19-14-17(28(30)31)10-13-20(19)25/h3-14H,1-2H3. The highest BCUT2D eigenvalue weighted by Crippen LogP contribution is 2.35. The van der Waals surface area contributed by atoms with Crippen molar-refractivity contribution in [1.29, 1.82) is 0 Å². The number of nitrogens with zero attached hydrogens (tertiary/aromatic N) is 3. The van der Waals surface area contributed by atoms with Gasteiger partial charge < -0.3 is 9.30 Å². The Kier molecular flexibility index (Phi) is 6.39. The Morgan fingerprint density at radius 1 is 1.06 bits per heavy atom. The first-order valence-electron chi connectivity index (χ1n) is 9.81. The Balaban J connectivity index is 1.89. The third-order valence-corrected chi connectivity index (χ3v) is 6.53. The van der Waals surface area contributed by atoms with Crippen LogP contribution >= 0.6 is 22.9 Å². The van der Waals surface area contributed by atoms with Crippen LogP contribution in [0.15, 0.2) is 77.8 Å². The van der Waals surface area contributed by atoms with Gasteiger partial charge in [0.2, 0.25) is 0 Å². The van der Waals surface area contributed by atoms with E-state index in [4.69, 9.17) is 16.3 Å². The highest BCUT2D eigenvalue weighted by molar-refractivity contribution is 7.13. The maximum Gasteiger partial charge on any atom is 0.281 e. The van der Waals surface area contributed by atoms with Crippen LogP contribution in [0.25, 0.3) is 21.7 Å². The van der Waals surface area contributed by atoms with Gasteiger partial charge in [0.05, 0.1) is 33.2 Å². The smallest absolute Gasteiger partial charge is 0.281 e. The van der Waals surface area contributed by atoms with E-state index in [-0.39, 0.29) is 16.3 Å². The van der Waals surface area contributed by atoms with Crippen LogP contribution in [0.3, 0.4) is 0 Å². The van der Waals surface area contributed by atoms with E-state index in [0.29, 0.717) is 4.80 Å². The number of nitro groups is 1. The van der Waals surface area contributed by atoms with Crippen molar-refractivity contribution in [2.24, 2.45) is 12.0 Å². The number of aromatic nitrogens is 1. The van der Waals surface area contributed by atoms with Gasteiger partial charge in [-0.05, 0) is 41.5 Å². The van der Waals surface area contributed by atoms with E-state index in [1.165, 1.54) is 23.5 Å². The Hall–Kier alpha value is -3.75. The largest absolute Gasteiger partial charge is 0.497 e. The molecule has 4 aromatic rings. The number of hydrogen-bond acceptors (Lipinski definition) is 5. The predicted molar refractivity (Wildman–Crippen MR) is 129 cm³/mol. The average molecular weight is 480 g/mol. The minimum absolute atomic E-state index is 0.0217. The van der Waals surface area contributed by atoms with E-state index in [2.05, 4.69) is 4.99 Å². The molecule has 7 nitrogen and oxygen atoms in total. The molecule has 0 saturated carbocycles. The molecule has 0 fully saturated rings. The zero-order valence-electron chi connectivity index (χ0n) is 17.7. The maximum atomic E-state index is 12.9. The van der Waals surface area contributed by atoms with E-state index >= 15 is 0 Å². The molecule has 0 spiro atoms. The fourth-order valence-electron chi connectivity index (χ4n) is 3.35. The molecule has 1 amide bonds. The lowest BCUT2D eigenvalue weighted by molar-refractivity contribution is -0.384. The van der Waals surface area contributed by atoms with Gasteiger partial charge in [-0.1, -0.05) is 53.3 Å². The van der Waals surface area contributed by atoms with Crippen LogP contribution in [0.2, 0.25) is 5.02 Å². The van der Waals surface area contributed by atoms with E-state index in [9.17, 15) is 14.9 Å². The van der Waals surface area contributed by atoms with Crippen LogP contribution in [-0.4, -0.2) is 22.5 Å². The van der Waals surface area contributed by atoms with Gasteiger partial charge in [-0.15, -0.1) is 0 Å². The molecule has 3 aromatic carbocycles. The number of hydrogen-bond donors (Lipinski definition) is 0. The second-order valence-corrected chi connectivity index (χ2v) is 8.44. The summed E-state index contributed by atoms with van der Waals surface area (Å²) in [6.07, 6.45) is 0. The summed E-state index contributed by atoms with van der Waals surface area (Å²) in [4.78, 5) is 29.1. The molecule has 1 aromatic heterocycles. The minimum Gasteiger partial charge on any atom is -0.497 e. The van der Waals surface area contributed by atoms with Crippen molar-refractivity contribution in [2.45, 2.75) is 0 Å². The molecule has 0 radical (unpaired) electrons. The summed E-state index contributed by atoms with van der Waals surface area (Å²) in [6, 6.07) is 21.1. The van der Waals surface area contributed by atoms with Crippen LogP contribution in [0.1, 0.15) is 10.4 Å². The van der Waals surface area contributed by atoms with E-state index < -0.39 is 10.8 Å². The van der Waals surface area contributed by atoms with Crippen LogP contribution in [-0.2, 0) is 7.05 Å². The lowest BCUT2D eigenvalue weighted by atomic mass is 10.1. The third kappa shape index (κ3) is 4.57. The van der Waals surface area contributed by atoms with Crippen LogP contribution in [0.4, 0.5) is 5.69 Å². The number of methoxy groups -OCH3 is 1. The summed E-state index contributed by atoms with van der Waals surface area (Å²) in [7, 11) is 3.43. The highest BCUT2D eigenvalue weighted by Gasteiger charge is 2.19. The summed E-state index contributed by atoms with van der Waals surface area (Å²) in [5.41, 5.74) is 2.54. The van der Waals surface area contributed by atoms with E-state index in [1.807, 2.05) is 66.2 Å². The molecule has 0 aliphatic carbocycles. The number of halogens is 1. The summed E-state index contributed by atoms with van der Waals surface area (Å²) in [6.45, 7) is 0. The topological polar surface area (TPSA) is 86.7 Å². The lowest BCUT2D eigenvalue weighted by Crippen LogP contribution is -2.14. The maximum absolute atomic E-state index is 12.9. The van der Waals surface area contributed by atoms with Gasteiger partial charge in [0.15, 0.2) is 4.80 Å². The van der Waals surface area contributed by atoms with Gasteiger partial charge in [0.25, 0.3) is 11.6 Å².